The Kier molecular flexibility index (Phi) is 4.29. The van der Waals surface area contributed by atoms with Crippen LogP contribution in [-0.2, 0) is 4.79 Å². The highest BCUT2D eigenvalue weighted by Crippen LogP contribution is 2.28. The van der Waals surface area contributed by atoms with Crippen molar-refractivity contribution in [1.29, 1.82) is 0 Å². The van der Waals surface area contributed by atoms with Gasteiger partial charge in [-0.15, -0.1) is 0 Å². The van der Waals surface area contributed by atoms with Crippen LogP contribution in [0, 0.1) is 5.92 Å². The molecule has 1 saturated carbocycles. The van der Waals surface area contributed by atoms with E-state index in [1.807, 2.05) is 0 Å². The van der Waals surface area contributed by atoms with Gasteiger partial charge in [-0.1, -0.05) is 11.6 Å². The quantitative estimate of drug-likeness (QED) is 0.906. The number of carbonyl (C=O) groups excluding carboxylic acids is 1. The van der Waals surface area contributed by atoms with E-state index in [4.69, 9.17) is 16.3 Å². The average molecular weight is 319 g/mol. The summed E-state index contributed by atoms with van der Waals surface area (Å²) >= 11 is 9.13. The molecule has 1 aromatic carbocycles. The zero-order valence-electron chi connectivity index (χ0n) is 9.21. The zero-order valence-corrected chi connectivity index (χ0v) is 11.6. The molecule has 1 fully saturated rings. The van der Waals surface area contributed by atoms with Gasteiger partial charge in [0.15, 0.2) is 6.61 Å². The Balaban J connectivity index is 1.77. The number of nitrogens with one attached hydrogen (secondary N) is 1. The van der Waals surface area contributed by atoms with Crippen LogP contribution in [0.5, 0.6) is 5.75 Å². The van der Waals surface area contributed by atoms with Crippen molar-refractivity contribution in [2.45, 2.75) is 12.8 Å². The standard InChI is InChI=1S/C12H13BrClNO2/c13-10-5-9(14)3-4-11(10)17-7-12(16)15-6-8-1-2-8/h3-5,8H,1-2,6-7H2,(H,15,16). The second kappa shape index (κ2) is 5.74. The fourth-order valence-corrected chi connectivity index (χ4v) is 2.16. The highest BCUT2D eigenvalue weighted by Gasteiger charge is 2.21. The van der Waals surface area contributed by atoms with Gasteiger partial charge in [-0.3, -0.25) is 4.79 Å². The molecule has 0 bridgehead atoms. The first-order chi connectivity index (χ1) is 8.15. The third kappa shape index (κ3) is 4.21. The van der Waals surface area contributed by atoms with Crippen LogP contribution >= 0.6 is 27.5 Å². The zero-order chi connectivity index (χ0) is 12.3. The minimum atomic E-state index is -0.0845. The summed E-state index contributed by atoms with van der Waals surface area (Å²) in [6.45, 7) is 0.803. The maximum Gasteiger partial charge on any atom is 0.257 e. The fourth-order valence-electron chi connectivity index (χ4n) is 1.37. The van der Waals surface area contributed by atoms with Crippen molar-refractivity contribution in [3.05, 3.63) is 27.7 Å². The summed E-state index contributed by atoms with van der Waals surface area (Å²) in [6.07, 6.45) is 2.45. The molecule has 0 unspecified atom stereocenters. The summed E-state index contributed by atoms with van der Waals surface area (Å²) in [5, 5.41) is 3.47. The molecule has 0 radical (unpaired) electrons. The molecule has 0 spiro atoms. The van der Waals surface area contributed by atoms with Gasteiger partial charge in [0.05, 0.1) is 4.47 Å². The van der Waals surface area contributed by atoms with E-state index in [-0.39, 0.29) is 12.5 Å². The molecule has 1 aromatic rings. The summed E-state index contributed by atoms with van der Waals surface area (Å²) in [5.41, 5.74) is 0. The second-order valence-electron chi connectivity index (χ2n) is 4.11. The Morgan fingerprint density at radius 2 is 2.29 bits per heavy atom. The van der Waals surface area contributed by atoms with E-state index in [9.17, 15) is 4.79 Å². The summed E-state index contributed by atoms with van der Waals surface area (Å²) in [4.78, 5) is 11.4. The van der Waals surface area contributed by atoms with Crippen molar-refractivity contribution in [3.8, 4) is 5.75 Å². The van der Waals surface area contributed by atoms with Crippen molar-refractivity contribution in [2.24, 2.45) is 5.92 Å². The first-order valence-electron chi connectivity index (χ1n) is 5.49. The van der Waals surface area contributed by atoms with Gasteiger partial charge >= 0.3 is 0 Å². The number of amides is 1. The Bertz CT molecular complexity index is 421. The monoisotopic (exact) mass is 317 g/mol. The number of halogens is 2. The number of hydrogen-bond donors (Lipinski definition) is 1. The molecular formula is C12H13BrClNO2. The average Bonchev–Trinajstić information content (AvgIpc) is 3.09. The van der Waals surface area contributed by atoms with Crippen LogP contribution in [0.2, 0.25) is 5.02 Å². The third-order valence-electron chi connectivity index (χ3n) is 2.54. The Morgan fingerprint density at radius 1 is 1.53 bits per heavy atom. The fraction of sp³-hybridized carbons (Fsp3) is 0.417. The third-order valence-corrected chi connectivity index (χ3v) is 3.39. The number of carbonyl (C=O) groups is 1. The lowest BCUT2D eigenvalue weighted by Crippen LogP contribution is -2.30. The van der Waals surface area contributed by atoms with E-state index < -0.39 is 0 Å². The van der Waals surface area contributed by atoms with E-state index in [1.165, 1.54) is 12.8 Å². The van der Waals surface area contributed by atoms with Crippen molar-refractivity contribution < 1.29 is 9.53 Å². The van der Waals surface area contributed by atoms with E-state index in [0.29, 0.717) is 16.7 Å². The van der Waals surface area contributed by atoms with Crippen LogP contribution in [0.25, 0.3) is 0 Å². The van der Waals surface area contributed by atoms with E-state index in [0.717, 1.165) is 11.0 Å². The normalized spacial score (nSPS) is 14.5. The van der Waals surface area contributed by atoms with Crippen molar-refractivity contribution in [3.63, 3.8) is 0 Å². The molecule has 92 valence electrons. The Hall–Kier alpha value is -0.740. The maximum absolute atomic E-state index is 11.4. The molecule has 3 nitrogen and oxygen atoms in total. The molecule has 0 aromatic heterocycles. The van der Waals surface area contributed by atoms with Gasteiger partial charge in [0.25, 0.3) is 5.91 Å². The topological polar surface area (TPSA) is 38.3 Å². The number of hydrogen-bond acceptors (Lipinski definition) is 2. The molecule has 1 amide bonds. The van der Waals surface area contributed by atoms with Gasteiger partial charge < -0.3 is 10.1 Å². The van der Waals surface area contributed by atoms with E-state index in [1.54, 1.807) is 18.2 Å². The van der Waals surface area contributed by atoms with Gasteiger partial charge in [-0.25, -0.2) is 0 Å². The van der Waals surface area contributed by atoms with Crippen LogP contribution in [0.3, 0.4) is 0 Å². The summed E-state index contributed by atoms with van der Waals surface area (Å²) in [5.74, 6) is 1.22. The lowest BCUT2D eigenvalue weighted by Gasteiger charge is -2.08. The molecule has 17 heavy (non-hydrogen) atoms. The van der Waals surface area contributed by atoms with E-state index >= 15 is 0 Å². The summed E-state index contributed by atoms with van der Waals surface area (Å²) in [7, 11) is 0. The van der Waals surface area contributed by atoms with Crippen LogP contribution in [0.4, 0.5) is 0 Å². The first kappa shape index (κ1) is 12.7. The lowest BCUT2D eigenvalue weighted by atomic mass is 10.3. The van der Waals surface area contributed by atoms with Crippen molar-refractivity contribution >= 4 is 33.4 Å². The highest BCUT2D eigenvalue weighted by molar-refractivity contribution is 9.10. The molecule has 1 N–H and O–H groups in total. The van der Waals surface area contributed by atoms with E-state index in [2.05, 4.69) is 21.2 Å². The molecule has 0 heterocycles. The number of benzene rings is 1. The minimum Gasteiger partial charge on any atom is -0.483 e. The second-order valence-corrected chi connectivity index (χ2v) is 5.40. The van der Waals surface area contributed by atoms with Crippen molar-refractivity contribution in [2.75, 3.05) is 13.2 Å². The molecule has 0 saturated heterocycles. The Morgan fingerprint density at radius 3 is 2.94 bits per heavy atom. The van der Waals surface area contributed by atoms with Gasteiger partial charge in [-0.05, 0) is 52.9 Å². The van der Waals surface area contributed by atoms with Crippen LogP contribution in [-0.4, -0.2) is 19.1 Å². The molecule has 0 aliphatic heterocycles. The van der Waals surface area contributed by atoms with Gasteiger partial charge in [0.2, 0.25) is 0 Å². The van der Waals surface area contributed by atoms with Crippen molar-refractivity contribution in [1.82, 2.24) is 5.32 Å². The first-order valence-corrected chi connectivity index (χ1v) is 6.67. The molecule has 2 rings (SSSR count). The maximum atomic E-state index is 11.4. The highest BCUT2D eigenvalue weighted by atomic mass is 79.9. The summed E-state index contributed by atoms with van der Waals surface area (Å²) < 4.78 is 6.14. The van der Waals surface area contributed by atoms with Gasteiger partial charge in [-0.2, -0.15) is 0 Å². The predicted octanol–water partition coefficient (Wildman–Crippen LogP) is 3.01. The predicted molar refractivity (Wildman–Crippen MR) is 70.4 cm³/mol. The van der Waals surface area contributed by atoms with Gasteiger partial charge in [0, 0.05) is 11.6 Å². The van der Waals surface area contributed by atoms with Crippen LogP contribution in [0.1, 0.15) is 12.8 Å². The SMILES string of the molecule is O=C(COc1ccc(Cl)cc1Br)NCC1CC1. The minimum absolute atomic E-state index is 0.0347. The number of rotatable bonds is 5. The molecule has 5 heteroatoms. The lowest BCUT2D eigenvalue weighted by molar-refractivity contribution is -0.123. The molecule has 1 aliphatic rings. The Labute approximate surface area is 114 Å². The summed E-state index contributed by atoms with van der Waals surface area (Å²) in [6, 6.07) is 5.20. The number of ether oxygens (including phenoxy) is 1. The molecule has 1 aliphatic carbocycles. The van der Waals surface area contributed by atoms with Crippen LogP contribution in [0.15, 0.2) is 22.7 Å². The molecule has 0 atom stereocenters. The smallest absolute Gasteiger partial charge is 0.257 e. The molecular weight excluding hydrogens is 305 g/mol. The van der Waals surface area contributed by atoms with Gasteiger partial charge in [0.1, 0.15) is 5.75 Å². The van der Waals surface area contributed by atoms with Crippen LogP contribution < -0.4 is 10.1 Å². The largest absolute Gasteiger partial charge is 0.483 e.